The number of nitrogens with zero attached hydrogens (tertiary/aromatic N) is 1. The highest BCUT2D eigenvalue weighted by atomic mass is 19.1. The molecule has 3 heteroatoms. The molecule has 2 fully saturated rings. The van der Waals surface area contributed by atoms with Gasteiger partial charge in [-0.05, 0) is 38.1 Å². The van der Waals surface area contributed by atoms with Crippen LogP contribution in [0, 0.1) is 11.8 Å². The predicted octanol–water partition coefficient (Wildman–Crippen LogP) is 2.53. The zero-order chi connectivity index (χ0) is 11.5. The molecule has 16 heavy (non-hydrogen) atoms. The first kappa shape index (κ1) is 12.3. The van der Waals surface area contributed by atoms with Gasteiger partial charge in [-0.3, -0.25) is 4.90 Å². The molecule has 1 saturated heterocycles. The Morgan fingerprint density at radius 3 is 2.69 bits per heavy atom. The Labute approximate surface area is 98.4 Å². The van der Waals surface area contributed by atoms with Crippen molar-refractivity contribution < 1.29 is 4.39 Å². The Balaban J connectivity index is 1.83. The number of hydrogen-bond acceptors (Lipinski definition) is 2. The Morgan fingerprint density at radius 1 is 1.25 bits per heavy atom. The lowest BCUT2D eigenvalue weighted by Crippen LogP contribution is -2.50. The fourth-order valence-corrected chi connectivity index (χ4v) is 3.13. The molecule has 2 N–H and O–H groups in total. The molecule has 2 nitrogen and oxygen atoms in total. The lowest BCUT2D eigenvalue weighted by Gasteiger charge is -2.39. The Hall–Kier alpha value is -0.150. The first-order valence-corrected chi connectivity index (χ1v) is 6.80. The average molecular weight is 228 g/mol. The van der Waals surface area contributed by atoms with Crippen LogP contribution in [0.4, 0.5) is 4.39 Å². The molecule has 1 aliphatic heterocycles. The highest BCUT2D eigenvalue weighted by Gasteiger charge is 2.30. The van der Waals surface area contributed by atoms with Crippen LogP contribution in [0.1, 0.15) is 45.4 Å². The van der Waals surface area contributed by atoms with Crippen LogP contribution >= 0.6 is 0 Å². The van der Waals surface area contributed by atoms with E-state index in [4.69, 9.17) is 5.73 Å². The zero-order valence-corrected chi connectivity index (χ0v) is 10.4. The summed E-state index contributed by atoms with van der Waals surface area (Å²) in [6.45, 7) is 4.20. The van der Waals surface area contributed by atoms with E-state index in [2.05, 4.69) is 11.8 Å². The summed E-state index contributed by atoms with van der Waals surface area (Å²) in [5, 5.41) is 0. The van der Waals surface area contributed by atoms with E-state index in [0.29, 0.717) is 0 Å². The van der Waals surface area contributed by atoms with Gasteiger partial charge in [-0.25, -0.2) is 4.39 Å². The summed E-state index contributed by atoms with van der Waals surface area (Å²) in [6, 6.07) is 0. The van der Waals surface area contributed by atoms with Crippen LogP contribution in [0.15, 0.2) is 0 Å². The molecule has 94 valence electrons. The van der Waals surface area contributed by atoms with Gasteiger partial charge in [0.2, 0.25) is 0 Å². The topological polar surface area (TPSA) is 29.3 Å². The maximum absolute atomic E-state index is 13.7. The van der Waals surface area contributed by atoms with E-state index in [9.17, 15) is 4.39 Å². The molecule has 0 amide bonds. The maximum atomic E-state index is 13.7. The van der Waals surface area contributed by atoms with E-state index in [1.165, 1.54) is 12.8 Å². The largest absolute Gasteiger partial charge is 0.316 e. The van der Waals surface area contributed by atoms with Crippen LogP contribution in [0.3, 0.4) is 0 Å². The van der Waals surface area contributed by atoms with E-state index in [1.807, 2.05) is 0 Å². The molecule has 1 heterocycles. The van der Waals surface area contributed by atoms with Crippen LogP contribution in [0.5, 0.6) is 0 Å². The molecule has 1 saturated carbocycles. The fraction of sp³-hybridized carbons (Fsp3) is 1.00. The lowest BCUT2D eigenvalue weighted by atomic mass is 9.86. The van der Waals surface area contributed by atoms with Gasteiger partial charge in [0.05, 0.1) is 6.17 Å². The summed E-state index contributed by atoms with van der Waals surface area (Å²) in [6.07, 6.45) is 5.97. The summed E-state index contributed by atoms with van der Waals surface area (Å²) in [5.41, 5.74) is 6.14. The van der Waals surface area contributed by atoms with Crippen molar-refractivity contribution in [3.05, 3.63) is 0 Å². The second-order valence-corrected chi connectivity index (χ2v) is 5.75. The number of halogens is 1. The number of likely N-dealkylation sites (tertiary alicyclic amines) is 1. The van der Waals surface area contributed by atoms with Crippen LogP contribution in [-0.2, 0) is 0 Å². The van der Waals surface area contributed by atoms with Gasteiger partial charge in [0.15, 0.2) is 0 Å². The monoisotopic (exact) mass is 228 g/mol. The normalized spacial score (nSPS) is 42.2. The highest BCUT2D eigenvalue weighted by Crippen LogP contribution is 2.29. The van der Waals surface area contributed by atoms with Crippen molar-refractivity contribution >= 4 is 0 Å². The predicted molar refractivity (Wildman–Crippen MR) is 64.8 cm³/mol. The lowest BCUT2D eigenvalue weighted by molar-refractivity contribution is 0.0617. The smallest absolute Gasteiger partial charge is 0.104 e. The van der Waals surface area contributed by atoms with E-state index in [0.717, 1.165) is 44.7 Å². The van der Waals surface area contributed by atoms with Gasteiger partial charge in [-0.1, -0.05) is 19.8 Å². The molecule has 2 rings (SSSR count). The molecule has 0 aromatic rings. The molecular formula is C13H25FN2. The van der Waals surface area contributed by atoms with Crippen molar-refractivity contribution in [1.29, 1.82) is 0 Å². The first-order valence-electron chi connectivity index (χ1n) is 6.80. The second-order valence-electron chi connectivity index (χ2n) is 5.75. The Bertz CT molecular complexity index is 222. The number of nitrogens with two attached hydrogens (primary N) is 1. The average Bonchev–Trinajstić information content (AvgIpc) is 2.25. The molecule has 0 radical (unpaired) electrons. The summed E-state index contributed by atoms with van der Waals surface area (Å²) >= 11 is 0. The summed E-state index contributed by atoms with van der Waals surface area (Å²) in [4.78, 5) is 2.31. The molecule has 0 aromatic heterocycles. The Kier molecular flexibility index (Phi) is 4.20. The van der Waals surface area contributed by atoms with Crippen molar-refractivity contribution in [3.63, 3.8) is 0 Å². The Morgan fingerprint density at radius 2 is 2.00 bits per heavy atom. The maximum Gasteiger partial charge on any atom is 0.104 e. The molecule has 2 aliphatic rings. The van der Waals surface area contributed by atoms with E-state index in [-0.39, 0.29) is 12.1 Å². The molecule has 0 spiro atoms. The van der Waals surface area contributed by atoms with Gasteiger partial charge in [-0.2, -0.15) is 0 Å². The number of hydrogen-bond donors (Lipinski definition) is 1. The molecule has 4 unspecified atom stereocenters. The third-order valence-corrected chi connectivity index (χ3v) is 4.31. The number of rotatable bonds is 2. The summed E-state index contributed by atoms with van der Waals surface area (Å²) < 4.78 is 13.7. The SMILES string of the molecule is CC1CCN(CC2CCCCC2F)C(N)C1. The number of piperidine rings is 1. The zero-order valence-electron chi connectivity index (χ0n) is 10.4. The van der Waals surface area contributed by atoms with Crippen LogP contribution in [0.2, 0.25) is 0 Å². The van der Waals surface area contributed by atoms with Gasteiger partial charge < -0.3 is 5.73 Å². The van der Waals surface area contributed by atoms with E-state index in [1.54, 1.807) is 0 Å². The molecule has 4 atom stereocenters. The van der Waals surface area contributed by atoms with Crippen molar-refractivity contribution in [2.24, 2.45) is 17.6 Å². The van der Waals surface area contributed by atoms with Gasteiger partial charge in [0.25, 0.3) is 0 Å². The third-order valence-electron chi connectivity index (χ3n) is 4.31. The van der Waals surface area contributed by atoms with E-state index >= 15 is 0 Å². The molecule has 0 bridgehead atoms. The minimum absolute atomic E-state index is 0.165. The molecule has 1 aliphatic carbocycles. The van der Waals surface area contributed by atoms with Crippen LogP contribution < -0.4 is 5.73 Å². The van der Waals surface area contributed by atoms with Crippen molar-refractivity contribution in [2.45, 2.75) is 57.8 Å². The van der Waals surface area contributed by atoms with Crippen molar-refractivity contribution in [1.82, 2.24) is 4.90 Å². The van der Waals surface area contributed by atoms with Gasteiger partial charge in [-0.15, -0.1) is 0 Å². The minimum Gasteiger partial charge on any atom is -0.316 e. The van der Waals surface area contributed by atoms with Crippen molar-refractivity contribution in [2.75, 3.05) is 13.1 Å². The first-order chi connectivity index (χ1) is 7.66. The van der Waals surface area contributed by atoms with Crippen LogP contribution in [-0.4, -0.2) is 30.3 Å². The molecular weight excluding hydrogens is 203 g/mol. The van der Waals surface area contributed by atoms with Crippen LogP contribution in [0.25, 0.3) is 0 Å². The molecule has 0 aromatic carbocycles. The quantitative estimate of drug-likeness (QED) is 0.787. The standard InChI is InChI=1S/C13H25FN2/c1-10-6-7-16(13(15)8-10)9-11-4-2-3-5-12(11)14/h10-13H,2-9,15H2,1H3. The summed E-state index contributed by atoms with van der Waals surface area (Å²) in [7, 11) is 0. The van der Waals surface area contributed by atoms with Crippen molar-refractivity contribution in [3.8, 4) is 0 Å². The third kappa shape index (κ3) is 2.95. The highest BCUT2D eigenvalue weighted by molar-refractivity contribution is 4.82. The summed E-state index contributed by atoms with van der Waals surface area (Å²) in [5.74, 6) is 0.979. The second kappa shape index (κ2) is 5.46. The van der Waals surface area contributed by atoms with Gasteiger partial charge in [0.1, 0.15) is 6.17 Å². The van der Waals surface area contributed by atoms with Gasteiger partial charge in [0, 0.05) is 12.5 Å². The number of alkyl halides is 1. The fourth-order valence-electron chi connectivity index (χ4n) is 3.13. The van der Waals surface area contributed by atoms with E-state index < -0.39 is 6.17 Å². The minimum atomic E-state index is -0.583. The van der Waals surface area contributed by atoms with Gasteiger partial charge >= 0.3 is 0 Å².